The van der Waals surface area contributed by atoms with Crippen molar-refractivity contribution in [3.63, 3.8) is 0 Å². The largest absolute Gasteiger partial charge is 0.452 e. The smallest absolute Gasteiger partial charge is 0.338 e. The lowest BCUT2D eigenvalue weighted by atomic mass is 10.1. The van der Waals surface area contributed by atoms with Gasteiger partial charge >= 0.3 is 5.97 Å². The number of esters is 1. The Kier molecular flexibility index (Phi) is 4.58. The Morgan fingerprint density at radius 1 is 1.08 bits per heavy atom. The SMILES string of the molecule is O=C(OCC(=O)N1CCc2sccc2C1)c1ccc(-n2cccc2)cc1. The van der Waals surface area contributed by atoms with E-state index in [2.05, 4.69) is 11.4 Å². The first-order valence-electron chi connectivity index (χ1n) is 8.44. The third kappa shape index (κ3) is 3.41. The molecule has 0 bridgehead atoms. The lowest BCUT2D eigenvalue weighted by molar-refractivity contribution is -0.135. The molecule has 2 aromatic heterocycles. The van der Waals surface area contributed by atoms with Gasteiger partial charge in [-0.05, 0) is 59.8 Å². The van der Waals surface area contributed by atoms with E-state index >= 15 is 0 Å². The van der Waals surface area contributed by atoms with Crippen molar-refractivity contribution >= 4 is 23.2 Å². The van der Waals surface area contributed by atoms with Gasteiger partial charge in [-0.15, -0.1) is 11.3 Å². The third-order valence-electron chi connectivity index (χ3n) is 4.49. The number of amides is 1. The van der Waals surface area contributed by atoms with Crippen molar-refractivity contribution in [2.24, 2.45) is 0 Å². The highest BCUT2D eigenvalue weighted by Gasteiger charge is 2.22. The van der Waals surface area contributed by atoms with Crippen molar-refractivity contribution < 1.29 is 14.3 Å². The molecule has 0 aliphatic carbocycles. The van der Waals surface area contributed by atoms with E-state index in [9.17, 15) is 9.59 Å². The summed E-state index contributed by atoms with van der Waals surface area (Å²) >= 11 is 1.73. The molecule has 3 aromatic rings. The lowest BCUT2D eigenvalue weighted by Gasteiger charge is -2.26. The van der Waals surface area contributed by atoms with Crippen LogP contribution in [0.15, 0.2) is 60.2 Å². The lowest BCUT2D eigenvalue weighted by Crippen LogP contribution is -2.38. The number of hydrogen-bond acceptors (Lipinski definition) is 4. The number of carbonyl (C=O) groups is 2. The molecule has 0 N–H and O–H groups in total. The number of rotatable bonds is 4. The van der Waals surface area contributed by atoms with Crippen molar-refractivity contribution in [2.45, 2.75) is 13.0 Å². The van der Waals surface area contributed by atoms with E-state index < -0.39 is 5.97 Å². The zero-order valence-electron chi connectivity index (χ0n) is 14.1. The van der Waals surface area contributed by atoms with Crippen LogP contribution in [-0.2, 0) is 22.5 Å². The molecule has 0 saturated heterocycles. The molecule has 6 heteroatoms. The maximum Gasteiger partial charge on any atom is 0.338 e. The number of thiophene rings is 1. The van der Waals surface area contributed by atoms with E-state index in [-0.39, 0.29) is 12.5 Å². The van der Waals surface area contributed by atoms with E-state index in [1.807, 2.05) is 41.2 Å². The number of carbonyl (C=O) groups excluding carboxylic acids is 2. The average molecular weight is 366 g/mol. The Hall–Kier alpha value is -2.86. The molecule has 4 rings (SSSR count). The minimum absolute atomic E-state index is 0.154. The minimum atomic E-state index is -0.481. The molecule has 0 saturated carbocycles. The predicted octanol–water partition coefficient (Wildman–Crippen LogP) is 3.28. The molecule has 26 heavy (non-hydrogen) atoms. The molecule has 3 heterocycles. The molecule has 0 unspecified atom stereocenters. The molecular weight excluding hydrogens is 348 g/mol. The quantitative estimate of drug-likeness (QED) is 0.666. The Bertz CT molecular complexity index is 913. The van der Waals surface area contributed by atoms with E-state index in [1.165, 1.54) is 10.4 Å². The van der Waals surface area contributed by atoms with Gasteiger partial charge in [0.05, 0.1) is 5.56 Å². The monoisotopic (exact) mass is 366 g/mol. The van der Waals surface area contributed by atoms with Gasteiger partial charge in [0, 0.05) is 36.0 Å². The van der Waals surface area contributed by atoms with Crippen LogP contribution in [0.1, 0.15) is 20.8 Å². The summed E-state index contributed by atoms with van der Waals surface area (Å²) in [5.74, 6) is -0.634. The van der Waals surface area contributed by atoms with Crippen LogP contribution < -0.4 is 0 Å². The molecule has 0 atom stereocenters. The van der Waals surface area contributed by atoms with Crippen LogP contribution in [0, 0.1) is 0 Å². The van der Waals surface area contributed by atoms with Gasteiger partial charge in [-0.25, -0.2) is 4.79 Å². The highest BCUT2D eigenvalue weighted by atomic mass is 32.1. The van der Waals surface area contributed by atoms with Gasteiger partial charge in [-0.2, -0.15) is 0 Å². The normalized spacial score (nSPS) is 13.3. The topological polar surface area (TPSA) is 51.5 Å². The number of benzene rings is 1. The summed E-state index contributed by atoms with van der Waals surface area (Å²) in [7, 11) is 0. The van der Waals surface area contributed by atoms with Gasteiger partial charge in [-0.1, -0.05) is 0 Å². The van der Waals surface area contributed by atoms with E-state index in [4.69, 9.17) is 4.74 Å². The van der Waals surface area contributed by atoms with Gasteiger partial charge < -0.3 is 14.2 Å². The molecule has 1 aliphatic rings. The molecule has 0 spiro atoms. The fraction of sp³-hybridized carbons (Fsp3) is 0.200. The third-order valence-corrected chi connectivity index (χ3v) is 5.52. The summed E-state index contributed by atoms with van der Waals surface area (Å²) < 4.78 is 7.16. The van der Waals surface area contributed by atoms with Crippen molar-refractivity contribution in [3.8, 4) is 5.69 Å². The highest BCUT2D eigenvalue weighted by Crippen LogP contribution is 2.24. The van der Waals surface area contributed by atoms with Crippen molar-refractivity contribution in [3.05, 3.63) is 76.2 Å². The molecule has 0 radical (unpaired) electrons. The number of fused-ring (bicyclic) bond motifs is 1. The van der Waals surface area contributed by atoms with E-state index in [1.54, 1.807) is 28.4 Å². The van der Waals surface area contributed by atoms with Crippen LogP contribution in [0.4, 0.5) is 0 Å². The summed E-state index contributed by atoms with van der Waals surface area (Å²) in [4.78, 5) is 27.6. The zero-order chi connectivity index (χ0) is 17.9. The van der Waals surface area contributed by atoms with Crippen LogP contribution in [0.25, 0.3) is 5.69 Å². The van der Waals surface area contributed by atoms with Gasteiger partial charge in [0.2, 0.25) is 0 Å². The number of hydrogen-bond donors (Lipinski definition) is 0. The fourth-order valence-electron chi connectivity index (χ4n) is 3.04. The first-order chi connectivity index (χ1) is 12.7. The van der Waals surface area contributed by atoms with Gasteiger partial charge in [0.25, 0.3) is 5.91 Å². The molecule has 1 aromatic carbocycles. The van der Waals surface area contributed by atoms with Gasteiger partial charge in [0.1, 0.15) is 0 Å². The fourth-order valence-corrected chi connectivity index (χ4v) is 3.93. The first-order valence-corrected chi connectivity index (χ1v) is 9.32. The zero-order valence-corrected chi connectivity index (χ0v) is 14.9. The number of aromatic nitrogens is 1. The Balaban J connectivity index is 1.33. The van der Waals surface area contributed by atoms with Crippen LogP contribution in [0.5, 0.6) is 0 Å². The van der Waals surface area contributed by atoms with Crippen LogP contribution >= 0.6 is 11.3 Å². The maximum atomic E-state index is 12.3. The minimum Gasteiger partial charge on any atom is -0.452 e. The highest BCUT2D eigenvalue weighted by molar-refractivity contribution is 7.10. The Morgan fingerprint density at radius 2 is 1.85 bits per heavy atom. The summed E-state index contributed by atoms with van der Waals surface area (Å²) in [6.45, 7) is 1.05. The summed E-state index contributed by atoms with van der Waals surface area (Å²) in [6.07, 6.45) is 4.74. The second-order valence-corrected chi connectivity index (χ2v) is 7.15. The van der Waals surface area contributed by atoms with Crippen LogP contribution in [0.2, 0.25) is 0 Å². The summed E-state index contributed by atoms with van der Waals surface area (Å²) in [5.41, 5.74) is 2.59. The summed E-state index contributed by atoms with van der Waals surface area (Å²) in [5, 5.41) is 2.05. The first kappa shape index (κ1) is 16.6. The molecule has 1 amide bonds. The van der Waals surface area contributed by atoms with E-state index in [0.717, 1.165) is 12.1 Å². The summed E-state index contributed by atoms with van der Waals surface area (Å²) in [6, 6.07) is 13.0. The Labute approximate surface area is 155 Å². The molecule has 5 nitrogen and oxygen atoms in total. The second kappa shape index (κ2) is 7.17. The predicted molar refractivity (Wildman–Crippen MR) is 99.5 cm³/mol. The maximum absolute atomic E-state index is 12.3. The van der Waals surface area contributed by atoms with E-state index in [0.29, 0.717) is 18.7 Å². The standard InChI is InChI=1S/C20H18N2O3S/c23-19(22-11-7-18-16(13-22)8-12-26-18)14-25-20(24)15-3-5-17(6-4-15)21-9-1-2-10-21/h1-6,8-10,12H,7,11,13-14H2. The van der Waals surface area contributed by atoms with Gasteiger partial charge in [0.15, 0.2) is 6.61 Å². The molecule has 1 aliphatic heterocycles. The Morgan fingerprint density at radius 3 is 2.62 bits per heavy atom. The van der Waals surface area contributed by atoms with Crippen molar-refractivity contribution in [1.82, 2.24) is 9.47 Å². The van der Waals surface area contributed by atoms with Crippen LogP contribution in [-0.4, -0.2) is 34.5 Å². The molecule has 132 valence electrons. The van der Waals surface area contributed by atoms with Gasteiger partial charge in [-0.3, -0.25) is 4.79 Å². The van der Waals surface area contributed by atoms with Crippen LogP contribution in [0.3, 0.4) is 0 Å². The molecular formula is C20H18N2O3S. The molecule has 0 fully saturated rings. The van der Waals surface area contributed by atoms with Crippen molar-refractivity contribution in [1.29, 1.82) is 0 Å². The number of ether oxygens (including phenoxy) is 1. The number of nitrogens with zero attached hydrogens (tertiary/aromatic N) is 2. The average Bonchev–Trinajstić information content (AvgIpc) is 3.37. The van der Waals surface area contributed by atoms with Crippen molar-refractivity contribution in [2.75, 3.05) is 13.2 Å². The second-order valence-electron chi connectivity index (χ2n) is 6.15.